The van der Waals surface area contributed by atoms with E-state index in [0.717, 1.165) is 6.07 Å². The van der Waals surface area contributed by atoms with Crippen molar-refractivity contribution in [2.45, 2.75) is 13.8 Å². The molecule has 0 aliphatic rings. The first kappa shape index (κ1) is 13.9. The smallest absolute Gasteiger partial charge is 0.305 e. The normalized spacial score (nSPS) is 11.2. The maximum absolute atomic E-state index is 13.4. The molecule has 0 aliphatic carbocycles. The highest BCUT2D eigenvalue weighted by Crippen LogP contribution is 2.47. The van der Waals surface area contributed by atoms with E-state index in [1.165, 1.54) is 12.1 Å². The Morgan fingerprint density at radius 1 is 1.35 bits per heavy atom. The zero-order chi connectivity index (χ0) is 12.9. The molecule has 1 aromatic carbocycles. The van der Waals surface area contributed by atoms with Gasteiger partial charge in [0.1, 0.15) is 17.4 Å². The summed E-state index contributed by atoms with van der Waals surface area (Å²) in [5.41, 5.74) is -0.294. The van der Waals surface area contributed by atoms with Gasteiger partial charge in [-0.05, 0) is 26.0 Å². The van der Waals surface area contributed by atoms with Crippen molar-refractivity contribution < 1.29 is 18.0 Å². The molecule has 0 radical (unpaired) electrons. The summed E-state index contributed by atoms with van der Waals surface area (Å²) in [4.78, 5) is 0. The maximum Gasteiger partial charge on any atom is 0.362 e. The van der Waals surface area contributed by atoms with Gasteiger partial charge in [-0.15, -0.1) is 0 Å². The highest BCUT2D eigenvalue weighted by atomic mass is 31.2. The molecule has 0 spiro atoms. The van der Waals surface area contributed by atoms with Crippen molar-refractivity contribution in [3.05, 3.63) is 29.6 Å². The second-order valence-corrected chi connectivity index (χ2v) is 5.07. The maximum atomic E-state index is 13.4. The van der Waals surface area contributed by atoms with E-state index in [9.17, 15) is 8.96 Å². The van der Waals surface area contributed by atoms with Crippen molar-refractivity contribution in [2.75, 3.05) is 13.2 Å². The van der Waals surface area contributed by atoms with Gasteiger partial charge >= 0.3 is 7.60 Å². The van der Waals surface area contributed by atoms with Crippen LogP contribution in [0.2, 0.25) is 0 Å². The van der Waals surface area contributed by atoms with Gasteiger partial charge in [0.15, 0.2) is 0 Å². The first-order chi connectivity index (χ1) is 8.09. The molecular weight excluding hydrogens is 244 g/mol. The van der Waals surface area contributed by atoms with Crippen molar-refractivity contribution in [3.63, 3.8) is 0 Å². The minimum atomic E-state index is -3.62. The summed E-state index contributed by atoms with van der Waals surface area (Å²) in [7, 11) is -3.62. The van der Waals surface area contributed by atoms with Crippen LogP contribution in [0, 0.1) is 17.1 Å². The Kier molecular flexibility index (Phi) is 4.83. The van der Waals surface area contributed by atoms with Crippen LogP contribution in [0.5, 0.6) is 0 Å². The van der Waals surface area contributed by atoms with Gasteiger partial charge in [-0.25, -0.2) is 4.39 Å². The number of nitrogens with zero attached hydrogens (tertiary/aromatic N) is 1. The van der Waals surface area contributed by atoms with E-state index < -0.39 is 13.4 Å². The lowest BCUT2D eigenvalue weighted by molar-refractivity contribution is 0.229. The summed E-state index contributed by atoms with van der Waals surface area (Å²) in [5.74, 6) is -0.732. The predicted octanol–water partition coefficient (Wildman–Crippen LogP) is 2.59. The van der Waals surface area contributed by atoms with Gasteiger partial charge in [-0.2, -0.15) is 5.26 Å². The molecule has 0 saturated carbocycles. The fourth-order valence-electron chi connectivity index (χ4n) is 1.37. The predicted molar refractivity (Wildman–Crippen MR) is 61.6 cm³/mol. The zero-order valence-electron chi connectivity index (χ0n) is 9.64. The summed E-state index contributed by atoms with van der Waals surface area (Å²) in [6.45, 7) is 3.60. The summed E-state index contributed by atoms with van der Waals surface area (Å²) in [6.07, 6.45) is 0. The van der Waals surface area contributed by atoms with Crippen molar-refractivity contribution in [1.29, 1.82) is 5.26 Å². The topological polar surface area (TPSA) is 59.3 Å². The number of hydrogen-bond donors (Lipinski definition) is 0. The third-order valence-corrected chi connectivity index (χ3v) is 4.16. The van der Waals surface area contributed by atoms with E-state index in [-0.39, 0.29) is 24.1 Å². The molecule has 6 heteroatoms. The van der Waals surface area contributed by atoms with E-state index in [1.807, 2.05) is 0 Å². The number of hydrogen-bond acceptors (Lipinski definition) is 4. The fourth-order valence-corrected chi connectivity index (χ4v) is 3.10. The van der Waals surface area contributed by atoms with E-state index in [0.29, 0.717) is 0 Å². The van der Waals surface area contributed by atoms with Crippen LogP contribution in [0.25, 0.3) is 0 Å². The van der Waals surface area contributed by atoms with Crippen LogP contribution >= 0.6 is 7.60 Å². The molecule has 0 bridgehead atoms. The van der Waals surface area contributed by atoms with Crippen LogP contribution in [0.4, 0.5) is 4.39 Å². The molecule has 0 aliphatic heterocycles. The van der Waals surface area contributed by atoms with Crippen LogP contribution in [-0.2, 0) is 13.6 Å². The van der Waals surface area contributed by atoms with Crippen LogP contribution in [0.1, 0.15) is 19.4 Å². The average molecular weight is 257 g/mol. The fraction of sp³-hybridized carbons (Fsp3) is 0.364. The molecule has 0 amide bonds. The van der Waals surface area contributed by atoms with Crippen molar-refractivity contribution >= 4 is 12.9 Å². The summed E-state index contributed by atoms with van der Waals surface area (Å²) >= 11 is 0. The molecule has 4 nitrogen and oxygen atoms in total. The van der Waals surface area contributed by atoms with E-state index in [1.54, 1.807) is 19.9 Å². The third kappa shape index (κ3) is 2.92. The molecule has 1 aromatic rings. The Labute approximate surface area is 99.5 Å². The Bertz CT molecular complexity index is 474. The van der Waals surface area contributed by atoms with Gasteiger partial charge in [-0.1, -0.05) is 6.07 Å². The van der Waals surface area contributed by atoms with Crippen LogP contribution in [-0.4, -0.2) is 13.2 Å². The molecule has 0 saturated heterocycles. The highest BCUT2D eigenvalue weighted by Gasteiger charge is 2.31. The molecule has 0 unspecified atom stereocenters. The van der Waals surface area contributed by atoms with Crippen LogP contribution in [0.3, 0.4) is 0 Å². The quantitative estimate of drug-likeness (QED) is 0.761. The van der Waals surface area contributed by atoms with E-state index in [2.05, 4.69) is 0 Å². The van der Waals surface area contributed by atoms with Crippen molar-refractivity contribution in [2.24, 2.45) is 0 Å². The molecule has 0 aromatic heterocycles. The lowest BCUT2D eigenvalue weighted by atomic mass is 10.2. The number of halogens is 1. The molecule has 0 fully saturated rings. The van der Waals surface area contributed by atoms with E-state index >= 15 is 0 Å². The SMILES string of the molecule is CCOP(=O)(OCC)c1cccc(F)c1C#N. The summed E-state index contributed by atoms with van der Waals surface area (Å²) in [5, 5.41) is 8.85. The Morgan fingerprint density at radius 3 is 2.41 bits per heavy atom. The molecule has 17 heavy (non-hydrogen) atoms. The Morgan fingerprint density at radius 2 is 1.94 bits per heavy atom. The van der Waals surface area contributed by atoms with Gasteiger partial charge in [0, 0.05) is 0 Å². The van der Waals surface area contributed by atoms with Gasteiger partial charge < -0.3 is 9.05 Å². The molecule has 0 N–H and O–H groups in total. The Balaban J connectivity index is 3.34. The van der Waals surface area contributed by atoms with Gasteiger partial charge in [0.05, 0.1) is 18.5 Å². The molecule has 92 valence electrons. The first-order valence-corrected chi connectivity index (χ1v) is 6.71. The summed E-state index contributed by atoms with van der Waals surface area (Å²) < 4.78 is 35.9. The number of nitriles is 1. The second-order valence-electron chi connectivity index (χ2n) is 3.08. The Hall–Kier alpha value is -1.21. The lowest BCUT2D eigenvalue weighted by Gasteiger charge is -2.18. The largest absolute Gasteiger partial charge is 0.362 e. The average Bonchev–Trinajstić information content (AvgIpc) is 2.29. The second kappa shape index (κ2) is 5.92. The number of rotatable bonds is 5. The van der Waals surface area contributed by atoms with Gasteiger partial charge in [0.2, 0.25) is 0 Å². The third-order valence-electron chi connectivity index (χ3n) is 2.00. The van der Waals surface area contributed by atoms with Gasteiger partial charge in [0.25, 0.3) is 0 Å². The summed E-state index contributed by atoms with van der Waals surface area (Å²) in [6, 6.07) is 5.56. The molecule has 1 rings (SSSR count). The van der Waals surface area contributed by atoms with Crippen LogP contribution in [0.15, 0.2) is 18.2 Å². The molecule has 0 atom stereocenters. The minimum absolute atomic E-state index is 0.0244. The first-order valence-electron chi connectivity index (χ1n) is 5.17. The minimum Gasteiger partial charge on any atom is -0.305 e. The molecule has 0 heterocycles. The monoisotopic (exact) mass is 257 g/mol. The number of benzene rings is 1. The lowest BCUT2D eigenvalue weighted by Crippen LogP contribution is -2.15. The van der Waals surface area contributed by atoms with E-state index in [4.69, 9.17) is 14.3 Å². The van der Waals surface area contributed by atoms with Crippen LogP contribution < -0.4 is 5.30 Å². The molecular formula is C11H13FNO3P. The van der Waals surface area contributed by atoms with Gasteiger partial charge in [-0.3, -0.25) is 4.57 Å². The standard InChI is InChI=1S/C11H13FNO3P/c1-3-15-17(14,16-4-2)11-7-5-6-10(12)9(11)8-13/h5-7H,3-4H2,1-2H3. The van der Waals surface area contributed by atoms with Crippen molar-refractivity contribution in [3.8, 4) is 6.07 Å². The zero-order valence-corrected chi connectivity index (χ0v) is 10.5. The highest BCUT2D eigenvalue weighted by molar-refractivity contribution is 7.62. The van der Waals surface area contributed by atoms with Crippen molar-refractivity contribution in [1.82, 2.24) is 0 Å².